The Hall–Kier alpha value is -2.34. The number of anilines is 1. The van der Waals surface area contributed by atoms with Gasteiger partial charge in [0, 0.05) is 6.07 Å². The highest BCUT2D eigenvalue weighted by molar-refractivity contribution is 5.89. The van der Waals surface area contributed by atoms with Crippen LogP contribution < -0.4 is 10.6 Å². The van der Waals surface area contributed by atoms with Crippen molar-refractivity contribution in [2.75, 3.05) is 11.9 Å². The average Bonchev–Trinajstić information content (AvgIpc) is 3.20. The fourth-order valence-electron chi connectivity index (χ4n) is 3.32. The first-order chi connectivity index (χ1) is 11.6. The van der Waals surface area contributed by atoms with Crippen LogP contribution in [0.2, 0.25) is 0 Å². The van der Waals surface area contributed by atoms with Crippen LogP contribution >= 0.6 is 0 Å². The molecule has 3 rings (SSSR count). The molecule has 0 radical (unpaired) electrons. The zero-order valence-electron chi connectivity index (χ0n) is 14.1. The molecule has 2 amide bonds. The van der Waals surface area contributed by atoms with Gasteiger partial charge >= 0.3 is 6.03 Å². The standard InChI is InChI=1S/C18H24N4O2/c1-3-13(2)22-16(9-11-19-22)20-17(24)21-18(12-23)10-8-14-6-4-5-7-15(14)18/h4-7,9,11,13,23H,3,8,10,12H2,1-2H3,(H2,20,21,24). The number of nitrogens with zero attached hydrogens (tertiary/aromatic N) is 2. The van der Waals surface area contributed by atoms with E-state index in [0.29, 0.717) is 12.2 Å². The molecule has 0 aliphatic heterocycles. The molecule has 1 aliphatic rings. The molecule has 0 spiro atoms. The summed E-state index contributed by atoms with van der Waals surface area (Å²) in [5, 5.41) is 20.1. The van der Waals surface area contributed by atoms with Gasteiger partial charge in [0.05, 0.1) is 24.4 Å². The molecule has 1 aromatic carbocycles. The van der Waals surface area contributed by atoms with E-state index in [-0.39, 0.29) is 18.7 Å². The van der Waals surface area contributed by atoms with Crippen LogP contribution in [0.3, 0.4) is 0 Å². The molecule has 0 bridgehead atoms. The number of benzene rings is 1. The molecule has 6 heteroatoms. The molecule has 24 heavy (non-hydrogen) atoms. The number of aliphatic hydroxyl groups is 1. The van der Waals surface area contributed by atoms with E-state index in [2.05, 4.69) is 29.6 Å². The van der Waals surface area contributed by atoms with E-state index in [1.165, 1.54) is 5.56 Å². The van der Waals surface area contributed by atoms with Crippen LogP contribution in [-0.4, -0.2) is 27.5 Å². The number of fused-ring (bicyclic) bond motifs is 1. The van der Waals surface area contributed by atoms with Crippen molar-refractivity contribution in [3.63, 3.8) is 0 Å². The Morgan fingerprint density at radius 1 is 1.42 bits per heavy atom. The van der Waals surface area contributed by atoms with Gasteiger partial charge in [0.1, 0.15) is 5.82 Å². The van der Waals surface area contributed by atoms with E-state index in [1.807, 2.05) is 24.3 Å². The predicted octanol–water partition coefficient (Wildman–Crippen LogP) is 2.81. The first-order valence-corrected chi connectivity index (χ1v) is 8.41. The van der Waals surface area contributed by atoms with Gasteiger partial charge in [0.2, 0.25) is 0 Å². The molecule has 2 unspecified atom stereocenters. The molecule has 2 aromatic rings. The Morgan fingerprint density at radius 3 is 2.96 bits per heavy atom. The lowest BCUT2D eigenvalue weighted by atomic mass is 9.93. The van der Waals surface area contributed by atoms with Gasteiger partial charge in [-0.05, 0) is 37.3 Å². The molecular formula is C18H24N4O2. The van der Waals surface area contributed by atoms with Crippen LogP contribution in [0, 0.1) is 0 Å². The third-order valence-electron chi connectivity index (χ3n) is 4.90. The zero-order valence-corrected chi connectivity index (χ0v) is 14.1. The van der Waals surface area contributed by atoms with Gasteiger partial charge in [-0.1, -0.05) is 31.2 Å². The summed E-state index contributed by atoms with van der Waals surface area (Å²) in [6.45, 7) is 4.01. The van der Waals surface area contributed by atoms with Gasteiger partial charge in [-0.15, -0.1) is 0 Å². The highest BCUT2D eigenvalue weighted by Crippen LogP contribution is 2.36. The summed E-state index contributed by atoms with van der Waals surface area (Å²) in [7, 11) is 0. The maximum Gasteiger partial charge on any atom is 0.321 e. The van der Waals surface area contributed by atoms with Gasteiger partial charge in [-0.2, -0.15) is 5.10 Å². The molecule has 1 aromatic heterocycles. The molecule has 2 atom stereocenters. The maximum absolute atomic E-state index is 12.5. The molecule has 3 N–H and O–H groups in total. The topological polar surface area (TPSA) is 79.2 Å². The Bertz CT molecular complexity index is 727. The third-order valence-corrected chi connectivity index (χ3v) is 4.90. The smallest absolute Gasteiger partial charge is 0.321 e. The van der Waals surface area contributed by atoms with Crippen molar-refractivity contribution in [3.8, 4) is 0 Å². The number of aliphatic hydroxyl groups excluding tert-OH is 1. The van der Waals surface area contributed by atoms with Crippen LogP contribution in [0.4, 0.5) is 10.6 Å². The van der Waals surface area contributed by atoms with Crippen molar-refractivity contribution >= 4 is 11.8 Å². The van der Waals surface area contributed by atoms with Gasteiger partial charge in [-0.25, -0.2) is 9.48 Å². The van der Waals surface area contributed by atoms with Crippen molar-refractivity contribution in [1.29, 1.82) is 0 Å². The summed E-state index contributed by atoms with van der Waals surface area (Å²) in [4.78, 5) is 12.5. The van der Waals surface area contributed by atoms with Gasteiger partial charge < -0.3 is 10.4 Å². The Kier molecular flexibility index (Phi) is 4.57. The average molecular weight is 328 g/mol. The van der Waals surface area contributed by atoms with Crippen molar-refractivity contribution in [3.05, 3.63) is 47.7 Å². The number of carbonyl (C=O) groups excluding carboxylic acids is 1. The van der Waals surface area contributed by atoms with E-state index < -0.39 is 5.54 Å². The van der Waals surface area contributed by atoms with Gasteiger partial charge in [0.25, 0.3) is 0 Å². The zero-order chi connectivity index (χ0) is 17.2. The highest BCUT2D eigenvalue weighted by atomic mass is 16.3. The highest BCUT2D eigenvalue weighted by Gasteiger charge is 2.39. The number of aryl methyl sites for hydroxylation is 1. The SMILES string of the molecule is CCC(C)n1nccc1NC(=O)NC1(CO)CCc2ccccc21. The first-order valence-electron chi connectivity index (χ1n) is 8.41. The number of aromatic nitrogens is 2. The lowest BCUT2D eigenvalue weighted by Crippen LogP contribution is -2.49. The fourth-order valence-corrected chi connectivity index (χ4v) is 3.32. The normalized spacial score (nSPS) is 20.5. The Balaban J connectivity index is 1.77. The second kappa shape index (κ2) is 6.65. The second-order valence-corrected chi connectivity index (χ2v) is 6.39. The second-order valence-electron chi connectivity index (χ2n) is 6.39. The molecule has 6 nitrogen and oxygen atoms in total. The maximum atomic E-state index is 12.5. The van der Waals surface area contributed by atoms with Crippen molar-refractivity contribution in [2.45, 2.75) is 44.7 Å². The summed E-state index contributed by atoms with van der Waals surface area (Å²) in [6, 6.07) is 9.59. The van der Waals surface area contributed by atoms with E-state index in [1.54, 1.807) is 16.9 Å². The third kappa shape index (κ3) is 2.89. The lowest BCUT2D eigenvalue weighted by molar-refractivity contribution is 0.163. The van der Waals surface area contributed by atoms with Gasteiger partial charge in [-0.3, -0.25) is 5.32 Å². The quantitative estimate of drug-likeness (QED) is 0.789. The van der Waals surface area contributed by atoms with E-state index in [9.17, 15) is 9.90 Å². The van der Waals surface area contributed by atoms with Crippen LogP contribution in [0.25, 0.3) is 0 Å². The lowest BCUT2D eigenvalue weighted by Gasteiger charge is -2.29. The van der Waals surface area contributed by atoms with Crippen LogP contribution in [0.5, 0.6) is 0 Å². The fraction of sp³-hybridized carbons (Fsp3) is 0.444. The summed E-state index contributed by atoms with van der Waals surface area (Å²) < 4.78 is 1.80. The molecular weight excluding hydrogens is 304 g/mol. The summed E-state index contributed by atoms with van der Waals surface area (Å²) in [5.41, 5.74) is 1.46. The number of urea groups is 1. The van der Waals surface area contributed by atoms with Crippen molar-refractivity contribution < 1.29 is 9.90 Å². The van der Waals surface area contributed by atoms with Crippen LogP contribution in [0.15, 0.2) is 36.5 Å². The summed E-state index contributed by atoms with van der Waals surface area (Å²) >= 11 is 0. The predicted molar refractivity (Wildman–Crippen MR) is 92.9 cm³/mol. The van der Waals surface area contributed by atoms with Crippen molar-refractivity contribution in [1.82, 2.24) is 15.1 Å². The number of hydrogen-bond acceptors (Lipinski definition) is 3. The minimum Gasteiger partial charge on any atom is -0.394 e. The number of rotatable bonds is 5. The summed E-state index contributed by atoms with van der Waals surface area (Å²) in [6.07, 6.45) is 4.14. The monoisotopic (exact) mass is 328 g/mol. The number of nitrogens with one attached hydrogen (secondary N) is 2. The Morgan fingerprint density at radius 2 is 2.21 bits per heavy atom. The van der Waals surface area contributed by atoms with E-state index in [4.69, 9.17) is 0 Å². The van der Waals surface area contributed by atoms with Crippen molar-refractivity contribution in [2.24, 2.45) is 0 Å². The Labute approximate surface area is 141 Å². The largest absolute Gasteiger partial charge is 0.394 e. The minimum absolute atomic E-state index is 0.123. The number of hydrogen-bond donors (Lipinski definition) is 3. The van der Waals surface area contributed by atoms with E-state index in [0.717, 1.165) is 18.4 Å². The molecule has 0 saturated heterocycles. The molecule has 1 aliphatic carbocycles. The van der Waals surface area contributed by atoms with Crippen LogP contribution in [0.1, 0.15) is 43.9 Å². The van der Waals surface area contributed by atoms with E-state index >= 15 is 0 Å². The molecule has 0 saturated carbocycles. The molecule has 128 valence electrons. The number of amides is 2. The number of carbonyl (C=O) groups is 1. The molecule has 1 heterocycles. The summed E-state index contributed by atoms with van der Waals surface area (Å²) in [5.74, 6) is 0.654. The minimum atomic E-state index is -0.720. The van der Waals surface area contributed by atoms with Gasteiger partial charge in [0.15, 0.2) is 0 Å². The first kappa shape index (κ1) is 16.5. The van der Waals surface area contributed by atoms with Crippen LogP contribution in [-0.2, 0) is 12.0 Å². The molecule has 0 fully saturated rings.